The molecule has 0 saturated heterocycles. The van der Waals surface area contributed by atoms with Gasteiger partial charge >= 0.3 is 0 Å². The van der Waals surface area contributed by atoms with Crippen molar-refractivity contribution in [2.24, 2.45) is 5.10 Å². The summed E-state index contributed by atoms with van der Waals surface area (Å²) < 4.78 is 3.07. The maximum absolute atomic E-state index is 12.4. The lowest BCUT2D eigenvalue weighted by Crippen LogP contribution is -2.19. The molecule has 27 heavy (non-hydrogen) atoms. The van der Waals surface area contributed by atoms with Gasteiger partial charge in [0.1, 0.15) is 16.3 Å². The molecule has 3 aromatic heterocycles. The molecule has 0 fully saturated rings. The van der Waals surface area contributed by atoms with E-state index < -0.39 is 0 Å². The predicted molar refractivity (Wildman–Crippen MR) is 107 cm³/mol. The van der Waals surface area contributed by atoms with Crippen molar-refractivity contribution in [1.82, 2.24) is 24.7 Å². The normalized spacial score (nSPS) is 11.9. The highest BCUT2D eigenvalue weighted by Crippen LogP contribution is 2.14. The van der Waals surface area contributed by atoms with E-state index >= 15 is 0 Å². The summed E-state index contributed by atoms with van der Waals surface area (Å²) in [7, 11) is 0. The van der Waals surface area contributed by atoms with Gasteiger partial charge in [-0.3, -0.25) is 4.79 Å². The summed E-state index contributed by atoms with van der Waals surface area (Å²) in [6.45, 7) is 2.42. The van der Waals surface area contributed by atoms with Crippen molar-refractivity contribution in [3.63, 3.8) is 0 Å². The first-order valence-corrected chi connectivity index (χ1v) is 9.20. The number of thiophene rings is 1. The van der Waals surface area contributed by atoms with E-state index in [0.717, 1.165) is 10.4 Å². The fourth-order valence-electron chi connectivity index (χ4n) is 2.63. The van der Waals surface area contributed by atoms with Gasteiger partial charge in [0.15, 0.2) is 0 Å². The van der Waals surface area contributed by atoms with Crippen LogP contribution in [0.3, 0.4) is 0 Å². The minimum absolute atomic E-state index is 0.169. The number of benzene rings is 1. The van der Waals surface area contributed by atoms with Gasteiger partial charge in [0.05, 0.1) is 18.1 Å². The average Bonchev–Trinajstić information content (AvgIpc) is 3.31. The van der Waals surface area contributed by atoms with Crippen molar-refractivity contribution in [3.8, 4) is 0 Å². The van der Waals surface area contributed by atoms with Crippen LogP contribution in [0, 0.1) is 6.92 Å². The summed E-state index contributed by atoms with van der Waals surface area (Å²) in [5.41, 5.74) is 1.70. The molecular formula is C19H16N6OS. The second kappa shape index (κ2) is 7.46. The molecule has 0 aliphatic rings. The van der Waals surface area contributed by atoms with Gasteiger partial charge in [-0.2, -0.15) is 9.78 Å². The smallest absolute Gasteiger partial charge is 0.267 e. The number of aromatic nitrogens is 5. The summed E-state index contributed by atoms with van der Waals surface area (Å²) >= 11 is 1.44. The van der Waals surface area contributed by atoms with Crippen molar-refractivity contribution in [2.75, 3.05) is 0 Å². The first-order chi connectivity index (χ1) is 13.2. The zero-order valence-corrected chi connectivity index (χ0v) is 15.4. The molecule has 0 saturated carbocycles. The van der Waals surface area contributed by atoms with E-state index in [-0.39, 0.29) is 5.56 Å². The van der Waals surface area contributed by atoms with Crippen LogP contribution in [-0.4, -0.2) is 30.9 Å². The molecule has 7 nitrogen and oxygen atoms in total. The molecule has 1 aromatic carbocycles. The number of allylic oxidation sites excluding steroid dienone is 1. The second-order valence-corrected chi connectivity index (χ2v) is 6.76. The van der Waals surface area contributed by atoms with Gasteiger partial charge in [0, 0.05) is 6.21 Å². The van der Waals surface area contributed by atoms with Crippen LogP contribution in [0.25, 0.3) is 16.3 Å². The van der Waals surface area contributed by atoms with E-state index in [1.54, 1.807) is 36.0 Å². The molecule has 0 aliphatic heterocycles. The molecule has 3 heterocycles. The number of hydrogen-bond acceptors (Lipinski definition) is 6. The Morgan fingerprint density at radius 3 is 2.93 bits per heavy atom. The van der Waals surface area contributed by atoms with Crippen LogP contribution in [0.2, 0.25) is 0 Å². The van der Waals surface area contributed by atoms with Gasteiger partial charge < -0.3 is 0 Å². The van der Waals surface area contributed by atoms with Gasteiger partial charge in [-0.15, -0.1) is 16.4 Å². The fourth-order valence-corrected chi connectivity index (χ4v) is 3.43. The molecule has 0 atom stereocenters. The van der Waals surface area contributed by atoms with Crippen LogP contribution in [-0.2, 0) is 6.54 Å². The third kappa shape index (κ3) is 3.75. The second-order valence-electron chi connectivity index (χ2n) is 5.87. The Labute approximate surface area is 158 Å². The number of nitrogens with zero attached hydrogens (tertiary/aromatic N) is 6. The zero-order valence-electron chi connectivity index (χ0n) is 14.6. The molecule has 134 valence electrons. The molecule has 0 spiro atoms. The van der Waals surface area contributed by atoms with Gasteiger partial charge in [-0.1, -0.05) is 35.5 Å². The van der Waals surface area contributed by atoms with E-state index in [0.29, 0.717) is 23.4 Å². The van der Waals surface area contributed by atoms with Crippen LogP contribution < -0.4 is 5.56 Å². The van der Waals surface area contributed by atoms with Crippen LogP contribution in [0.4, 0.5) is 0 Å². The van der Waals surface area contributed by atoms with Crippen LogP contribution >= 0.6 is 11.3 Å². The van der Waals surface area contributed by atoms with E-state index in [2.05, 4.69) is 20.4 Å². The summed E-state index contributed by atoms with van der Waals surface area (Å²) in [5, 5.41) is 14.9. The van der Waals surface area contributed by atoms with Crippen molar-refractivity contribution in [3.05, 3.63) is 81.5 Å². The van der Waals surface area contributed by atoms with Gasteiger partial charge in [0.25, 0.3) is 5.56 Å². The number of rotatable bonds is 5. The Hall–Kier alpha value is -3.39. The summed E-state index contributed by atoms with van der Waals surface area (Å²) in [5.74, 6) is 0.549. The lowest BCUT2D eigenvalue weighted by Gasteiger charge is -2.01. The van der Waals surface area contributed by atoms with Crippen LogP contribution in [0.15, 0.2) is 63.9 Å². The molecule has 0 bridgehead atoms. The maximum atomic E-state index is 12.4. The third-order valence-corrected chi connectivity index (χ3v) is 4.72. The Balaban J connectivity index is 1.47. The highest BCUT2D eigenvalue weighted by Gasteiger charge is 2.07. The molecule has 0 N–H and O–H groups in total. The van der Waals surface area contributed by atoms with Crippen molar-refractivity contribution >= 4 is 33.8 Å². The largest absolute Gasteiger partial charge is 0.282 e. The van der Waals surface area contributed by atoms with E-state index in [1.807, 2.05) is 41.9 Å². The molecular weight excluding hydrogens is 360 g/mol. The lowest BCUT2D eigenvalue weighted by atomic mass is 10.2. The molecule has 8 heteroatoms. The first kappa shape index (κ1) is 17.0. The number of fused-ring (bicyclic) bond motifs is 1. The summed E-state index contributed by atoms with van der Waals surface area (Å²) in [4.78, 5) is 17.5. The van der Waals surface area contributed by atoms with Gasteiger partial charge in [-0.05, 0) is 36.1 Å². The lowest BCUT2D eigenvalue weighted by molar-refractivity contribution is 0.649. The Bertz CT molecular complexity index is 1190. The minimum atomic E-state index is -0.169. The molecule has 4 rings (SSSR count). The number of hydrogen-bond donors (Lipinski definition) is 0. The third-order valence-electron chi connectivity index (χ3n) is 3.92. The Kier molecular flexibility index (Phi) is 4.71. The standard InChI is InChI=1S/C19H16N6OS/c1-14-21-18-17(9-11-27-18)19(26)25(14)20-10-5-8-16-13-24(23-22-16)12-15-6-3-2-4-7-15/h2-11,13H,12H2,1H3/b8-5+,20-10-. The maximum Gasteiger partial charge on any atom is 0.282 e. The van der Waals surface area contributed by atoms with Crippen LogP contribution in [0.1, 0.15) is 17.1 Å². The minimum Gasteiger partial charge on any atom is -0.267 e. The molecule has 0 radical (unpaired) electrons. The Morgan fingerprint density at radius 1 is 1.22 bits per heavy atom. The van der Waals surface area contributed by atoms with Crippen molar-refractivity contribution in [1.29, 1.82) is 0 Å². The van der Waals surface area contributed by atoms with E-state index in [9.17, 15) is 4.79 Å². The zero-order chi connectivity index (χ0) is 18.6. The molecule has 0 amide bonds. The van der Waals surface area contributed by atoms with Crippen LogP contribution in [0.5, 0.6) is 0 Å². The SMILES string of the molecule is Cc1nc2sccc2c(=O)n1/N=C\C=C\c1cn(Cc2ccccc2)nn1. The molecule has 0 aliphatic carbocycles. The average molecular weight is 376 g/mol. The predicted octanol–water partition coefficient (Wildman–Crippen LogP) is 2.95. The summed E-state index contributed by atoms with van der Waals surface area (Å²) in [6.07, 6.45) is 6.91. The van der Waals surface area contributed by atoms with Gasteiger partial charge in [-0.25, -0.2) is 9.67 Å². The highest BCUT2D eigenvalue weighted by atomic mass is 32.1. The summed E-state index contributed by atoms with van der Waals surface area (Å²) in [6, 6.07) is 11.8. The van der Waals surface area contributed by atoms with Crippen molar-refractivity contribution < 1.29 is 0 Å². The first-order valence-electron chi connectivity index (χ1n) is 8.32. The Morgan fingerprint density at radius 2 is 2.07 bits per heavy atom. The highest BCUT2D eigenvalue weighted by molar-refractivity contribution is 7.16. The van der Waals surface area contributed by atoms with E-state index in [4.69, 9.17) is 0 Å². The number of aryl methyl sites for hydroxylation is 1. The monoisotopic (exact) mass is 376 g/mol. The van der Waals surface area contributed by atoms with Crippen molar-refractivity contribution in [2.45, 2.75) is 13.5 Å². The topological polar surface area (TPSA) is 78.0 Å². The molecule has 4 aromatic rings. The molecule has 0 unspecified atom stereocenters. The van der Waals surface area contributed by atoms with Gasteiger partial charge in [0.2, 0.25) is 0 Å². The fraction of sp³-hybridized carbons (Fsp3) is 0.105. The quantitative estimate of drug-likeness (QED) is 0.502. The van der Waals surface area contributed by atoms with E-state index in [1.165, 1.54) is 16.0 Å².